The molecular formula is C13H20N4OS. The first kappa shape index (κ1) is 15.5. The zero-order chi connectivity index (χ0) is 14.3. The Bertz CT molecular complexity index is 462. The Morgan fingerprint density at radius 1 is 1.42 bits per heavy atom. The molecule has 0 radical (unpaired) electrons. The van der Waals surface area contributed by atoms with E-state index in [1.54, 1.807) is 6.07 Å². The molecule has 104 valence electrons. The van der Waals surface area contributed by atoms with E-state index in [1.165, 1.54) is 0 Å². The molecule has 0 aliphatic carbocycles. The summed E-state index contributed by atoms with van der Waals surface area (Å²) >= 11 is 4.80. The van der Waals surface area contributed by atoms with Gasteiger partial charge >= 0.3 is 0 Å². The van der Waals surface area contributed by atoms with E-state index in [0.717, 1.165) is 30.7 Å². The van der Waals surface area contributed by atoms with E-state index in [0.29, 0.717) is 23.5 Å². The minimum Gasteiger partial charge on any atom is -0.393 e. The quantitative estimate of drug-likeness (QED) is 0.585. The zero-order valence-corrected chi connectivity index (χ0v) is 12.2. The van der Waals surface area contributed by atoms with Gasteiger partial charge in [-0.15, -0.1) is 0 Å². The Hall–Kier alpha value is -1.56. The lowest BCUT2D eigenvalue weighted by Crippen LogP contribution is -2.26. The van der Waals surface area contributed by atoms with Gasteiger partial charge in [0, 0.05) is 6.54 Å². The maximum Gasteiger partial charge on any atom is 0.253 e. The second-order valence-electron chi connectivity index (χ2n) is 4.38. The van der Waals surface area contributed by atoms with E-state index in [4.69, 9.17) is 18.0 Å². The first-order chi connectivity index (χ1) is 9.04. The van der Waals surface area contributed by atoms with E-state index in [1.807, 2.05) is 13.8 Å². The Morgan fingerprint density at radius 2 is 2.16 bits per heavy atom. The standard InChI is InChI=1S/C13H20N4OS/c1-3-11-10(8-9(2)16-17-11)13(18)15-7-5-4-6-12(14)19/h8H,3-7H2,1-2H3,(H2,14,19)(H,15,18). The molecule has 1 rings (SSSR count). The van der Waals surface area contributed by atoms with Crippen LogP contribution in [0.3, 0.4) is 0 Å². The molecule has 0 atom stereocenters. The van der Waals surface area contributed by atoms with E-state index < -0.39 is 0 Å². The molecular weight excluding hydrogens is 260 g/mol. The molecule has 0 bridgehead atoms. The maximum absolute atomic E-state index is 12.0. The molecule has 0 unspecified atom stereocenters. The highest BCUT2D eigenvalue weighted by molar-refractivity contribution is 7.80. The number of aromatic nitrogens is 2. The van der Waals surface area contributed by atoms with Crippen molar-refractivity contribution < 1.29 is 4.79 Å². The highest BCUT2D eigenvalue weighted by atomic mass is 32.1. The van der Waals surface area contributed by atoms with Crippen molar-refractivity contribution in [1.82, 2.24) is 15.5 Å². The molecule has 6 heteroatoms. The number of nitrogens with zero attached hydrogens (tertiary/aromatic N) is 2. The topological polar surface area (TPSA) is 80.9 Å². The molecule has 3 N–H and O–H groups in total. The van der Waals surface area contributed by atoms with Crippen LogP contribution in [0.5, 0.6) is 0 Å². The summed E-state index contributed by atoms with van der Waals surface area (Å²) in [6.45, 7) is 4.40. The molecule has 1 aromatic rings. The van der Waals surface area contributed by atoms with Crippen LogP contribution in [0.4, 0.5) is 0 Å². The van der Waals surface area contributed by atoms with Crippen LogP contribution in [0.2, 0.25) is 0 Å². The summed E-state index contributed by atoms with van der Waals surface area (Å²) in [7, 11) is 0. The van der Waals surface area contributed by atoms with Crippen molar-refractivity contribution in [2.45, 2.75) is 39.5 Å². The predicted molar refractivity (Wildman–Crippen MR) is 79.1 cm³/mol. The lowest BCUT2D eigenvalue weighted by molar-refractivity contribution is 0.0951. The van der Waals surface area contributed by atoms with Crippen LogP contribution in [0, 0.1) is 6.92 Å². The Balaban J connectivity index is 2.49. The normalized spacial score (nSPS) is 10.2. The molecule has 1 heterocycles. The van der Waals surface area contributed by atoms with Crippen LogP contribution in [0.25, 0.3) is 0 Å². The van der Waals surface area contributed by atoms with Gasteiger partial charge in [0.1, 0.15) is 0 Å². The van der Waals surface area contributed by atoms with Gasteiger partial charge in [0.25, 0.3) is 5.91 Å². The fourth-order valence-corrected chi connectivity index (χ4v) is 1.84. The lowest BCUT2D eigenvalue weighted by Gasteiger charge is -2.08. The van der Waals surface area contributed by atoms with Gasteiger partial charge in [-0.25, -0.2) is 0 Å². The number of carbonyl (C=O) groups is 1. The number of amides is 1. The summed E-state index contributed by atoms with van der Waals surface area (Å²) in [5, 5.41) is 10.9. The number of hydrogen-bond donors (Lipinski definition) is 2. The van der Waals surface area contributed by atoms with Gasteiger partial charge in [-0.3, -0.25) is 4.79 Å². The minimum absolute atomic E-state index is 0.0924. The van der Waals surface area contributed by atoms with E-state index in [-0.39, 0.29) is 5.91 Å². The third-order valence-corrected chi connectivity index (χ3v) is 2.91. The maximum atomic E-state index is 12.0. The highest BCUT2D eigenvalue weighted by Crippen LogP contribution is 2.07. The van der Waals surface area contributed by atoms with E-state index >= 15 is 0 Å². The van der Waals surface area contributed by atoms with Crippen LogP contribution in [-0.4, -0.2) is 27.6 Å². The average molecular weight is 280 g/mol. The van der Waals surface area contributed by atoms with Crippen LogP contribution < -0.4 is 11.1 Å². The molecule has 19 heavy (non-hydrogen) atoms. The number of rotatable bonds is 7. The highest BCUT2D eigenvalue weighted by Gasteiger charge is 2.12. The van der Waals surface area contributed by atoms with Crippen molar-refractivity contribution in [1.29, 1.82) is 0 Å². The second-order valence-corrected chi connectivity index (χ2v) is 4.90. The summed E-state index contributed by atoms with van der Waals surface area (Å²) < 4.78 is 0. The first-order valence-corrected chi connectivity index (χ1v) is 6.85. The van der Waals surface area contributed by atoms with Gasteiger partial charge in [-0.1, -0.05) is 19.1 Å². The van der Waals surface area contributed by atoms with Crippen molar-refractivity contribution in [2.75, 3.05) is 6.54 Å². The molecule has 5 nitrogen and oxygen atoms in total. The third-order valence-electron chi connectivity index (χ3n) is 2.71. The number of thiocarbonyl (C=S) groups is 1. The Morgan fingerprint density at radius 3 is 2.79 bits per heavy atom. The summed E-state index contributed by atoms with van der Waals surface area (Å²) in [4.78, 5) is 12.6. The van der Waals surface area contributed by atoms with E-state index in [9.17, 15) is 4.79 Å². The number of nitrogens with one attached hydrogen (secondary N) is 1. The average Bonchev–Trinajstić information content (AvgIpc) is 2.37. The molecule has 0 spiro atoms. The molecule has 1 aromatic heterocycles. The smallest absolute Gasteiger partial charge is 0.253 e. The number of aryl methyl sites for hydroxylation is 2. The van der Waals surface area contributed by atoms with E-state index in [2.05, 4.69) is 15.5 Å². The van der Waals surface area contributed by atoms with Crippen LogP contribution in [-0.2, 0) is 6.42 Å². The van der Waals surface area contributed by atoms with Gasteiger partial charge in [0.15, 0.2) is 0 Å². The predicted octanol–water partition coefficient (Wildman–Crippen LogP) is 1.53. The van der Waals surface area contributed by atoms with Gasteiger partial charge in [-0.2, -0.15) is 10.2 Å². The van der Waals surface area contributed by atoms with Gasteiger partial charge in [0.05, 0.1) is 21.9 Å². The summed E-state index contributed by atoms with van der Waals surface area (Å²) in [5.41, 5.74) is 7.50. The SMILES string of the molecule is CCc1nnc(C)cc1C(=O)NCCCCC(N)=S. The zero-order valence-electron chi connectivity index (χ0n) is 11.4. The fourth-order valence-electron chi connectivity index (χ4n) is 1.69. The summed E-state index contributed by atoms with van der Waals surface area (Å²) in [5.74, 6) is -0.0924. The Labute approximate surface area is 119 Å². The Kier molecular flexibility index (Phi) is 6.35. The molecule has 0 saturated heterocycles. The molecule has 1 amide bonds. The van der Waals surface area contributed by atoms with Crippen LogP contribution in [0.15, 0.2) is 6.07 Å². The number of carbonyl (C=O) groups excluding carboxylic acids is 1. The van der Waals surface area contributed by atoms with Crippen LogP contribution in [0.1, 0.15) is 47.9 Å². The van der Waals surface area contributed by atoms with Crippen molar-refractivity contribution in [3.63, 3.8) is 0 Å². The monoisotopic (exact) mass is 280 g/mol. The largest absolute Gasteiger partial charge is 0.393 e. The first-order valence-electron chi connectivity index (χ1n) is 6.44. The van der Waals surface area contributed by atoms with Crippen molar-refractivity contribution >= 4 is 23.1 Å². The number of nitrogens with two attached hydrogens (primary N) is 1. The molecule has 0 saturated carbocycles. The summed E-state index contributed by atoms with van der Waals surface area (Å²) in [6, 6.07) is 1.77. The summed E-state index contributed by atoms with van der Waals surface area (Å²) in [6.07, 6.45) is 3.17. The van der Waals surface area contributed by atoms with Crippen molar-refractivity contribution in [3.05, 3.63) is 23.0 Å². The fraction of sp³-hybridized carbons (Fsp3) is 0.538. The number of hydrogen-bond acceptors (Lipinski definition) is 4. The van der Waals surface area contributed by atoms with Crippen molar-refractivity contribution in [3.8, 4) is 0 Å². The molecule has 0 fully saturated rings. The lowest BCUT2D eigenvalue weighted by atomic mass is 10.1. The third kappa shape index (κ3) is 5.30. The second kappa shape index (κ2) is 7.78. The molecule has 0 aromatic carbocycles. The van der Waals surface area contributed by atoms with Crippen molar-refractivity contribution in [2.24, 2.45) is 5.73 Å². The number of unbranched alkanes of at least 4 members (excludes halogenated alkanes) is 1. The van der Waals surface area contributed by atoms with Gasteiger partial charge < -0.3 is 11.1 Å². The minimum atomic E-state index is -0.0924. The molecule has 0 aliphatic heterocycles. The van der Waals surface area contributed by atoms with Gasteiger partial charge in [-0.05, 0) is 38.7 Å². The van der Waals surface area contributed by atoms with Crippen LogP contribution >= 0.6 is 12.2 Å². The molecule has 0 aliphatic rings. The van der Waals surface area contributed by atoms with Gasteiger partial charge in [0.2, 0.25) is 0 Å².